The van der Waals surface area contributed by atoms with Gasteiger partial charge in [-0.2, -0.15) is 0 Å². The summed E-state index contributed by atoms with van der Waals surface area (Å²) >= 11 is 0. The van der Waals surface area contributed by atoms with Crippen molar-refractivity contribution in [3.8, 4) is 5.75 Å². The standard InChI is InChI=1S/C25H25N5O2/c1-2-3-4-17-5-7-20(8-6-17)29-25-28-15-19-14-21(9-10-22(19)30-25)32-16-18-11-12-27-23(13-18)24(26)31/h5-15H,2-4,16H2,1H3,(H2,26,31)(H,28,29,30). The van der Waals surface area contributed by atoms with E-state index in [1.807, 2.05) is 18.2 Å². The summed E-state index contributed by atoms with van der Waals surface area (Å²) < 4.78 is 5.85. The van der Waals surface area contributed by atoms with E-state index < -0.39 is 5.91 Å². The number of pyridine rings is 1. The topological polar surface area (TPSA) is 103 Å². The number of benzene rings is 2. The van der Waals surface area contributed by atoms with Crippen LogP contribution in [0.25, 0.3) is 10.9 Å². The third-order valence-corrected chi connectivity index (χ3v) is 5.06. The molecule has 0 saturated heterocycles. The average molecular weight is 428 g/mol. The molecule has 0 unspecified atom stereocenters. The molecule has 1 amide bonds. The maximum absolute atomic E-state index is 11.3. The zero-order valence-corrected chi connectivity index (χ0v) is 17.9. The maximum Gasteiger partial charge on any atom is 0.267 e. The van der Waals surface area contributed by atoms with Gasteiger partial charge in [0.2, 0.25) is 5.95 Å². The Bertz CT molecular complexity index is 1220. The molecule has 4 rings (SSSR count). The Morgan fingerprint density at radius 1 is 1.03 bits per heavy atom. The minimum Gasteiger partial charge on any atom is -0.489 e. The summed E-state index contributed by atoms with van der Waals surface area (Å²) in [5.41, 5.74) is 9.41. The highest BCUT2D eigenvalue weighted by atomic mass is 16.5. The second kappa shape index (κ2) is 9.87. The molecule has 0 spiro atoms. The lowest BCUT2D eigenvalue weighted by Gasteiger charge is -2.09. The number of nitrogens with one attached hydrogen (secondary N) is 1. The summed E-state index contributed by atoms with van der Waals surface area (Å²) in [5.74, 6) is 0.664. The van der Waals surface area contributed by atoms with Gasteiger partial charge in [-0.1, -0.05) is 25.5 Å². The molecule has 0 aliphatic rings. The van der Waals surface area contributed by atoms with Crippen molar-refractivity contribution in [3.63, 3.8) is 0 Å². The molecule has 2 heterocycles. The molecule has 0 aliphatic carbocycles. The average Bonchev–Trinajstić information content (AvgIpc) is 2.82. The molecule has 0 aliphatic heterocycles. The number of hydrogen-bond acceptors (Lipinski definition) is 6. The van der Waals surface area contributed by atoms with Gasteiger partial charge in [-0.15, -0.1) is 0 Å². The van der Waals surface area contributed by atoms with Crippen LogP contribution in [0.4, 0.5) is 11.6 Å². The van der Waals surface area contributed by atoms with E-state index in [0.717, 1.165) is 28.6 Å². The number of ether oxygens (including phenoxy) is 1. The van der Waals surface area contributed by atoms with Crippen molar-refractivity contribution in [2.75, 3.05) is 5.32 Å². The molecule has 0 fully saturated rings. The van der Waals surface area contributed by atoms with Crippen LogP contribution in [0.3, 0.4) is 0 Å². The van der Waals surface area contributed by atoms with Crippen molar-refractivity contribution in [1.29, 1.82) is 0 Å². The molecule has 0 radical (unpaired) electrons. The van der Waals surface area contributed by atoms with Crippen LogP contribution in [0.1, 0.15) is 41.4 Å². The van der Waals surface area contributed by atoms with Gasteiger partial charge >= 0.3 is 0 Å². The zero-order valence-electron chi connectivity index (χ0n) is 17.9. The van der Waals surface area contributed by atoms with Crippen molar-refractivity contribution in [2.24, 2.45) is 5.73 Å². The van der Waals surface area contributed by atoms with Gasteiger partial charge in [0.05, 0.1) is 5.52 Å². The minimum atomic E-state index is -0.563. The first kappa shape index (κ1) is 21.2. The highest BCUT2D eigenvalue weighted by Gasteiger charge is 2.06. The number of carbonyl (C=O) groups excluding carboxylic acids is 1. The van der Waals surface area contributed by atoms with Gasteiger partial charge in [-0.25, -0.2) is 9.97 Å². The fourth-order valence-corrected chi connectivity index (χ4v) is 3.29. The van der Waals surface area contributed by atoms with E-state index in [2.05, 4.69) is 51.5 Å². The molecule has 2 aromatic heterocycles. The van der Waals surface area contributed by atoms with Gasteiger partial charge in [0, 0.05) is 23.5 Å². The Morgan fingerprint density at radius 3 is 2.66 bits per heavy atom. The van der Waals surface area contributed by atoms with Gasteiger partial charge in [-0.05, 0) is 66.4 Å². The Labute approximate surface area is 186 Å². The fraction of sp³-hybridized carbons (Fsp3) is 0.200. The predicted molar refractivity (Wildman–Crippen MR) is 125 cm³/mol. The summed E-state index contributed by atoms with van der Waals surface area (Å²) in [4.78, 5) is 24.2. The summed E-state index contributed by atoms with van der Waals surface area (Å²) in [6.07, 6.45) is 6.80. The number of aromatic nitrogens is 3. The van der Waals surface area contributed by atoms with Gasteiger partial charge in [0.1, 0.15) is 18.1 Å². The highest BCUT2D eigenvalue weighted by molar-refractivity contribution is 5.90. The molecule has 0 bridgehead atoms. The van der Waals surface area contributed by atoms with Crippen LogP contribution >= 0.6 is 0 Å². The number of carbonyl (C=O) groups is 1. The van der Waals surface area contributed by atoms with E-state index >= 15 is 0 Å². The van der Waals surface area contributed by atoms with Crippen LogP contribution in [0.15, 0.2) is 67.0 Å². The van der Waals surface area contributed by atoms with E-state index in [9.17, 15) is 4.79 Å². The fourth-order valence-electron chi connectivity index (χ4n) is 3.29. The van der Waals surface area contributed by atoms with E-state index in [1.165, 1.54) is 18.4 Å². The van der Waals surface area contributed by atoms with Gasteiger partial charge in [0.25, 0.3) is 5.91 Å². The highest BCUT2D eigenvalue weighted by Crippen LogP contribution is 2.22. The van der Waals surface area contributed by atoms with Crippen molar-refractivity contribution in [3.05, 3.63) is 83.8 Å². The quantitative estimate of drug-likeness (QED) is 0.398. The van der Waals surface area contributed by atoms with Crippen LogP contribution in [-0.2, 0) is 13.0 Å². The van der Waals surface area contributed by atoms with Crippen LogP contribution in [-0.4, -0.2) is 20.9 Å². The summed E-state index contributed by atoms with van der Waals surface area (Å²) in [6, 6.07) is 17.4. The largest absolute Gasteiger partial charge is 0.489 e. The molecule has 0 atom stereocenters. The van der Waals surface area contributed by atoms with Gasteiger partial charge < -0.3 is 15.8 Å². The smallest absolute Gasteiger partial charge is 0.267 e. The molecule has 0 saturated carbocycles. The Kier molecular flexibility index (Phi) is 6.55. The molecule has 7 nitrogen and oxygen atoms in total. The van der Waals surface area contributed by atoms with Crippen molar-refractivity contribution < 1.29 is 9.53 Å². The zero-order chi connectivity index (χ0) is 22.3. The molecule has 32 heavy (non-hydrogen) atoms. The van der Waals surface area contributed by atoms with Gasteiger partial charge in [-0.3, -0.25) is 9.78 Å². The number of primary amides is 1. The molecular formula is C25H25N5O2. The number of anilines is 2. The van der Waals surface area contributed by atoms with Crippen molar-refractivity contribution in [1.82, 2.24) is 15.0 Å². The van der Waals surface area contributed by atoms with E-state index in [0.29, 0.717) is 18.3 Å². The molecular weight excluding hydrogens is 402 g/mol. The first-order valence-corrected chi connectivity index (χ1v) is 10.6. The molecule has 4 aromatic rings. The number of amides is 1. The first-order valence-electron chi connectivity index (χ1n) is 10.6. The second-order valence-corrected chi connectivity index (χ2v) is 7.54. The van der Waals surface area contributed by atoms with Crippen molar-refractivity contribution in [2.45, 2.75) is 32.8 Å². The van der Waals surface area contributed by atoms with Gasteiger partial charge in [0.15, 0.2) is 0 Å². The number of aryl methyl sites for hydroxylation is 1. The minimum absolute atomic E-state index is 0.216. The Hall–Kier alpha value is -4.00. The van der Waals surface area contributed by atoms with Crippen molar-refractivity contribution >= 4 is 28.4 Å². The lowest BCUT2D eigenvalue weighted by Crippen LogP contribution is -2.13. The van der Waals surface area contributed by atoms with Crippen LogP contribution in [0, 0.1) is 0 Å². The summed E-state index contributed by atoms with van der Waals surface area (Å²) in [6.45, 7) is 2.49. The van der Waals surface area contributed by atoms with Crippen LogP contribution in [0.2, 0.25) is 0 Å². The number of hydrogen-bond donors (Lipinski definition) is 2. The number of unbranched alkanes of at least 4 members (excludes halogenated alkanes) is 1. The normalized spacial score (nSPS) is 10.8. The first-order chi connectivity index (χ1) is 15.6. The number of rotatable bonds is 9. The van der Waals surface area contributed by atoms with Crippen LogP contribution < -0.4 is 15.8 Å². The number of nitrogens with two attached hydrogens (primary N) is 1. The third kappa shape index (κ3) is 5.37. The molecule has 7 heteroatoms. The SMILES string of the molecule is CCCCc1ccc(Nc2ncc3cc(OCc4ccnc(C(N)=O)c4)ccc3n2)cc1. The monoisotopic (exact) mass is 427 g/mol. The lowest BCUT2D eigenvalue weighted by molar-refractivity contribution is 0.0995. The Morgan fingerprint density at radius 2 is 1.88 bits per heavy atom. The number of nitrogens with zero attached hydrogens (tertiary/aromatic N) is 3. The Balaban J connectivity index is 1.42. The predicted octanol–water partition coefficient (Wildman–Crippen LogP) is 4.79. The lowest BCUT2D eigenvalue weighted by atomic mass is 10.1. The summed E-state index contributed by atoms with van der Waals surface area (Å²) in [5, 5.41) is 4.13. The van der Waals surface area contributed by atoms with E-state index in [4.69, 9.17) is 10.5 Å². The maximum atomic E-state index is 11.3. The molecule has 2 aromatic carbocycles. The second-order valence-electron chi connectivity index (χ2n) is 7.54. The number of fused-ring (bicyclic) bond motifs is 1. The summed E-state index contributed by atoms with van der Waals surface area (Å²) in [7, 11) is 0. The van der Waals surface area contributed by atoms with E-state index in [-0.39, 0.29) is 5.69 Å². The molecule has 3 N–H and O–H groups in total. The molecule has 162 valence electrons. The van der Waals surface area contributed by atoms with E-state index in [1.54, 1.807) is 24.5 Å². The third-order valence-electron chi connectivity index (χ3n) is 5.06. The van der Waals surface area contributed by atoms with Crippen LogP contribution in [0.5, 0.6) is 5.75 Å².